The Morgan fingerprint density at radius 1 is 0.750 bits per heavy atom. The van der Waals surface area contributed by atoms with Gasteiger partial charge in [-0.15, -0.1) is 0 Å². The molecule has 1 fully saturated rings. The number of nitrogens with two attached hydrogens (primary N) is 2. The first-order valence-corrected chi connectivity index (χ1v) is 24.0. The molecular weight excluding hydrogens is 881 g/mol. The molecule has 0 radical (unpaired) electrons. The summed E-state index contributed by atoms with van der Waals surface area (Å²) in [5.74, 6) is -7.81. The van der Waals surface area contributed by atoms with Gasteiger partial charge in [0.05, 0.1) is 18.9 Å². The molecule has 1 aliphatic heterocycles. The maximum Gasteiger partial charge on any atom is 0.326 e. The van der Waals surface area contributed by atoms with Crippen molar-refractivity contribution in [1.29, 1.82) is 0 Å². The highest BCUT2D eigenvalue weighted by Gasteiger charge is 2.41. The van der Waals surface area contributed by atoms with E-state index >= 15 is 0 Å². The highest BCUT2D eigenvalue weighted by atomic mass is 16.4. The zero-order valence-electron chi connectivity index (χ0n) is 41.6. The molecule has 68 heavy (non-hydrogen) atoms. The molecule has 8 amide bonds. The molecule has 1 saturated heterocycles. The van der Waals surface area contributed by atoms with E-state index in [4.69, 9.17) is 11.5 Å². The summed E-state index contributed by atoms with van der Waals surface area (Å²) in [4.78, 5) is 129. The average Bonchev–Trinajstić information content (AvgIpc) is 3.99. The third-order valence-electron chi connectivity index (χ3n) is 12.1. The molecule has 13 N–H and O–H groups in total. The van der Waals surface area contributed by atoms with E-state index in [1.54, 1.807) is 41.5 Å². The second kappa shape index (κ2) is 28.6. The molecule has 1 aromatic heterocycles. The van der Waals surface area contributed by atoms with Crippen molar-refractivity contribution in [2.75, 3.05) is 19.6 Å². The summed E-state index contributed by atoms with van der Waals surface area (Å²) >= 11 is 0. The SMILES string of the molecule is CC[C@H](C)[C@H](N)C(=O)N[C@@H](CC(C)C)C(=O)N[C@@H](CCCCN)C(=O)N[C@H](C(=O)N1CCC[C@H]1C(=O)N[C@H](C(=O)N[C@@H](Cc1cnc[nH]1)C(=O)NCC(=O)N[C@H](C(=O)O)C(C)C)C(C)C)C(C)C. The van der Waals surface area contributed by atoms with Gasteiger partial charge in [0.15, 0.2) is 0 Å². The number of carbonyl (C=O) groups excluding carboxylic acids is 8. The number of rotatable bonds is 29. The van der Waals surface area contributed by atoms with E-state index < -0.39 is 126 Å². The van der Waals surface area contributed by atoms with Crippen molar-refractivity contribution in [2.24, 2.45) is 41.1 Å². The van der Waals surface area contributed by atoms with Crippen molar-refractivity contribution in [3.63, 3.8) is 0 Å². The van der Waals surface area contributed by atoms with Crippen LogP contribution >= 0.6 is 0 Å². The lowest BCUT2D eigenvalue weighted by Crippen LogP contribution is -2.61. The Morgan fingerprint density at radius 2 is 1.35 bits per heavy atom. The summed E-state index contributed by atoms with van der Waals surface area (Å²) in [7, 11) is 0. The van der Waals surface area contributed by atoms with E-state index in [9.17, 15) is 48.3 Å². The van der Waals surface area contributed by atoms with Crippen LogP contribution in [0.4, 0.5) is 0 Å². The summed E-state index contributed by atoms with van der Waals surface area (Å²) < 4.78 is 0. The number of hydrogen-bond acceptors (Lipinski definition) is 12. The van der Waals surface area contributed by atoms with Crippen LogP contribution in [0.5, 0.6) is 0 Å². The standard InChI is InChI=1S/C46H80N12O10/c1-11-28(10)35(48)43(64)53-31(19-24(2)3)41(62)52-30(15-12-13-17-47)40(61)57-37(26(6)7)45(66)58-18-14-16-33(58)42(63)56-36(25(4)5)44(65)54-32(20-29-21-49-23-51-29)39(60)50-22-34(59)55-38(27(8)9)46(67)68/h21,23-28,30-33,35-38H,11-20,22,47-48H2,1-10H3,(H,49,51)(H,50,60)(H,52,62)(H,53,64)(H,54,65)(H,55,59)(H,56,63)(H,57,61)(H,67,68)/t28-,30-,31-,32-,33-,35-,36-,37-,38-/m0/s1. The molecule has 22 heteroatoms. The van der Waals surface area contributed by atoms with Crippen LogP contribution in [0.2, 0.25) is 0 Å². The van der Waals surface area contributed by atoms with Crippen molar-refractivity contribution in [2.45, 2.75) is 169 Å². The number of hydrogen-bond donors (Lipinski definition) is 11. The summed E-state index contributed by atoms with van der Waals surface area (Å²) in [6.07, 6.45) is 5.66. The fraction of sp³-hybridized carbons (Fsp3) is 0.739. The fourth-order valence-electron chi connectivity index (χ4n) is 7.67. The lowest BCUT2D eigenvalue weighted by Gasteiger charge is -2.33. The first-order chi connectivity index (χ1) is 31.9. The highest BCUT2D eigenvalue weighted by Crippen LogP contribution is 2.22. The largest absolute Gasteiger partial charge is 0.480 e. The predicted octanol–water partition coefficient (Wildman–Crippen LogP) is -0.431. The molecule has 22 nitrogen and oxygen atoms in total. The Hall–Kier alpha value is -5.64. The van der Waals surface area contributed by atoms with Gasteiger partial charge in [-0.25, -0.2) is 9.78 Å². The average molecular weight is 961 g/mol. The topological polar surface area (TPSA) is 342 Å². The minimum absolute atomic E-state index is 0.00322. The molecular formula is C46H80N12O10. The molecule has 1 aliphatic rings. The van der Waals surface area contributed by atoms with Gasteiger partial charge in [0, 0.05) is 24.9 Å². The van der Waals surface area contributed by atoms with Crippen LogP contribution in [0.15, 0.2) is 12.5 Å². The lowest BCUT2D eigenvalue weighted by molar-refractivity contribution is -0.143. The van der Waals surface area contributed by atoms with Crippen LogP contribution < -0.4 is 48.7 Å². The summed E-state index contributed by atoms with van der Waals surface area (Å²) in [6.45, 7) is 17.6. The summed E-state index contributed by atoms with van der Waals surface area (Å²) in [6, 6.07) is -8.66. The van der Waals surface area contributed by atoms with Gasteiger partial charge in [-0.1, -0.05) is 75.7 Å². The van der Waals surface area contributed by atoms with Crippen molar-refractivity contribution in [3.8, 4) is 0 Å². The van der Waals surface area contributed by atoms with Crippen LogP contribution in [-0.2, 0) is 49.6 Å². The van der Waals surface area contributed by atoms with Gasteiger partial charge in [0.2, 0.25) is 47.3 Å². The molecule has 2 rings (SSSR count). The molecule has 0 spiro atoms. The van der Waals surface area contributed by atoms with Crippen LogP contribution in [0.25, 0.3) is 0 Å². The second-order valence-electron chi connectivity index (χ2n) is 19.3. The van der Waals surface area contributed by atoms with Gasteiger partial charge in [0.1, 0.15) is 42.3 Å². The van der Waals surface area contributed by atoms with E-state index in [0.717, 1.165) is 0 Å². The molecule has 0 aliphatic carbocycles. The molecule has 0 saturated carbocycles. The molecule has 0 unspecified atom stereocenters. The van der Waals surface area contributed by atoms with Gasteiger partial charge in [-0.05, 0) is 74.7 Å². The minimum atomic E-state index is -1.26. The normalized spacial score (nSPS) is 17.3. The maximum absolute atomic E-state index is 14.4. The Bertz CT molecular complexity index is 1840. The molecule has 384 valence electrons. The zero-order chi connectivity index (χ0) is 51.4. The van der Waals surface area contributed by atoms with Gasteiger partial charge in [-0.3, -0.25) is 38.4 Å². The third kappa shape index (κ3) is 18.5. The number of carbonyl (C=O) groups is 9. The molecule has 1 aromatic rings. The van der Waals surface area contributed by atoms with E-state index in [1.807, 2.05) is 27.7 Å². The number of aromatic nitrogens is 2. The number of amides is 8. The van der Waals surface area contributed by atoms with Gasteiger partial charge < -0.3 is 63.7 Å². The van der Waals surface area contributed by atoms with Crippen LogP contribution in [0.1, 0.15) is 120 Å². The Morgan fingerprint density at radius 3 is 1.90 bits per heavy atom. The van der Waals surface area contributed by atoms with Crippen molar-refractivity contribution >= 4 is 53.2 Å². The number of nitrogens with one attached hydrogen (secondary N) is 8. The van der Waals surface area contributed by atoms with E-state index in [0.29, 0.717) is 37.9 Å². The van der Waals surface area contributed by atoms with Gasteiger partial charge >= 0.3 is 5.97 Å². The number of nitrogens with zero attached hydrogens (tertiary/aromatic N) is 2. The number of aromatic amines is 1. The van der Waals surface area contributed by atoms with Crippen molar-refractivity contribution in [1.82, 2.24) is 52.1 Å². The van der Waals surface area contributed by atoms with Gasteiger partial charge in [0.25, 0.3) is 0 Å². The molecule has 0 aromatic carbocycles. The van der Waals surface area contributed by atoms with Crippen LogP contribution in [0, 0.1) is 29.6 Å². The lowest BCUT2D eigenvalue weighted by atomic mass is 9.97. The smallest absolute Gasteiger partial charge is 0.326 e. The molecule has 2 heterocycles. The highest BCUT2D eigenvalue weighted by molar-refractivity contribution is 5.98. The molecule has 9 atom stereocenters. The van der Waals surface area contributed by atoms with Crippen molar-refractivity contribution < 1.29 is 48.3 Å². The third-order valence-corrected chi connectivity index (χ3v) is 12.1. The van der Waals surface area contributed by atoms with E-state index in [2.05, 4.69) is 47.2 Å². The fourth-order valence-corrected chi connectivity index (χ4v) is 7.67. The minimum Gasteiger partial charge on any atom is -0.480 e. The second-order valence-corrected chi connectivity index (χ2v) is 19.3. The van der Waals surface area contributed by atoms with E-state index in [1.165, 1.54) is 17.4 Å². The number of aliphatic carboxylic acids is 1. The molecule has 0 bridgehead atoms. The van der Waals surface area contributed by atoms with Crippen LogP contribution in [0.3, 0.4) is 0 Å². The number of likely N-dealkylation sites (tertiary alicyclic amines) is 1. The predicted molar refractivity (Wildman–Crippen MR) is 254 cm³/mol. The monoisotopic (exact) mass is 961 g/mol. The van der Waals surface area contributed by atoms with Crippen molar-refractivity contribution in [3.05, 3.63) is 18.2 Å². The number of H-pyrrole nitrogens is 1. The first-order valence-electron chi connectivity index (χ1n) is 24.0. The quantitative estimate of drug-likeness (QED) is 0.0455. The zero-order valence-corrected chi connectivity index (χ0v) is 41.6. The first kappa shape index (κ1) is 58.5. The van der Waals surface area contributed by atoms with E-state index in [-0.39, 0.29) is 44.1 Å². The Labute approximate surface area is 400 Å². The summed E-state index contributed by atoms with van der Waals surface area (Å²) in [5.41, 5.74) is 12.4. The number of carboxylic acids is 1. The number of imidazole rings is 1. The summed E-state index contributed by atoms with van der Waals surface area (Å²) in [5, 5.41) is 28.1. The Kier molecular flexibility index (Phi) is 24.6. The number of unbranched alkanes of at least 4 members (excludes halogenated alkanes) is 1. The maximum atomic E-state index is 14.4. The van der Waals surface area contributed by atoms with Crippen LogP contribution in [-0.4, -0.2) is 141 Å². The van der Waals surface area contributed by atoms with Gasteiger partial charge in [-0.2, -0.15) is 0 Å². The number of carboxylic acid groups (broad SMARTS) is 1. The Balaban J connectivity index is 2.27.